The molecule has 12 heavy (non-hydrogen) atoms. The molecule has 0 N–H and O–H groups in total. The Labute approximate surface area is 71.2 Å². The predicted octanol–water partition coefficient (Wildman–Crippen LogP) is -0.574. The van der Waals surface area contributed by atoms with Crippen LogP contribution < -0.4 is 0 Å². The van der Waals surface area contributed by atoms with E-state index in [1.165, 1.54) is 0 Å². The minimum atomic E-state index is 0.0436. The van der Waals surface area contributed by atoms with Crippen LogP contribution in [0.3, 0.4) is 0 Å². The molecule has 4 heteroatoms. The van der Waals surface area contributed by atoms with E-state index in [0.717, 1.165) is 5.70 Å². The molecule has 0 fully saturated rings. The number of hydrogen-bond donors (Lipinski definition) is 0. The maximum Gasteiger partial charge on any atom is 0.243 e. The zero-order chi connectivity index (χ0) is 8.55. The molecule has 0 saturated heterocycles. The van der Waals surface area contributed by atoms with Crippen LogP contribution in [0, 0.1) is 0 Å². The molecule has 0 aliphatic carbocycles. The number of carbonyl (C=O) groups excluding carboxylic acids is 1. The summed E-state index contributed by atoms with van der Waals surface area (Å²) >= 11 is 0. The van der Waals surface area contributed by atoms with Gasteiger partial charge in [-0.15, -0.1) is 0 Å². The summed E-state index contributed by atoms with van der Waals surface area (Å²) in [6.45, 7) is 0.597. The molecule has 0 aromatic carbocycles. The quantitative estimate of drug-likeness (QED) is 0.434. The highest BCUT2D eigenvalue weighted by molar-refractivity contribution is 6.20. The number of amides is 1. The maximum absolute atomic E-state index is 11.4. The first-order chi connectivity index (χ1) is 5.79. The molecule has 1 amide bonds. The minimum Gasteiger partial charge on any atom is -0.384 e. The van der Waals surface area contributed by atoms with Crippen LogP contribution in [0.1, 0.15) is 0 Å². The summed E-state index contributed by atoms with van der Waals surface area (Å²) in [4.78, 5) is 17.1. The van der Waals surface area contributed by atoms with Crippen LogP contribution in [0.5, 0.6) is 0 Å². The van der Waals surface area contributed by atoms with Gasteiger partial charge in [-0.25, -0.2) is 4.99 Å². The number of hydrogen-bond acceptors (Lipinski definition) is 2. The molecule has 0 bridgehead atoms. The summed E-state index contributed by atoms with van der Waals surface area (Å²) in [5.74, 6) is 2.78. The average molecular weight is 158 g/mol. The van der Waals surface area contributed by atoms with E-state index in [0.29, 0.717) is 12.1 Å². The zero-order valence-corrected chi connectivity index (χ0v) is 6.74. The van der Waals surface area contributed by atoms with Gasteiger partial charge in [-0.3, -0.25) is 4.79 Å². The molecule has 0 aromatic heterocycles. The van der Waals surface area contributed by atoms with Crippen molar-refractivity contribution in [2.24, 2.45) is 4.99 Å². The number of allylic oxidation sites excluding steroid dienone is 2. The topological polar surface area (TPSA) is 32.7 Å². The van der Waals surface area contributed by atoms with E-state index in [4.69, 9.17) is 0 Å². The highest BCUT2D eigenvalue weighted by Gasteiger charge is 2.25. The molecule has 0 radical (unpaired) electrons. The van der Waals surface area contributed by atoms with Crippen molar-refractivity contribution in [3.05, 3.63) is 29.5 Å². The van der Waals surface area contributed by atoms with E-state index in [9.17, 15) is 4.79 Å². The highest BCUT2D eigenvalue weighted by atomic mass is 16.2. The monoisotopic (exact) mass is 158 g/mol. The lowest BCUT2D eigenvalue weighted by Crippen LogP contribution is -2.23. The molecular formula is C8H7BN2O. The smallest absolute Gasteiger partial charge is 0.243 e. The molecular weight excluding hydrogens is 151 g/mol. The van der Waals surface area contributed by atoms with Crippen LogP contribution in [0.2, 0.25) is 0 Å². The van der Waals surface area contributed by atoms with Crippen LogP contribution in [0.4, 0.5) is 0 Å². The number of rotatable bonds is 0. The van der Waals surface area contributed by atoms with Gasteiger partial charge in [0.05, 0.1) is 17.8 Å². The molecule has 0 unspecified atom stereocenters. The fraction of sp³-hybridized carbons (Fsp3) is 0.125. The second-order valence-electron chi connectivity index (χ2n) is 2.79. The third-order valence-corrected chi connectivity index (χ3v) is 1.91. The third kappa shape index (κ3) is 0.935. The normalized spacial score (nSPS) is 20.3. The Morgan fingerprint density at radius 1 is 1.67 bits per heavy atom. The van der Waals surface area contributed by atoms with Gasteiger partial charge >= 0.3 is 0 Å². The van der Waals surface area contributed by atoms with Crippen molar-refractivity contribution in [2.75, 3.05) is 6.54 Å². The lowest BCUT2D eigenvalue weighted by atomic mass is 10.2. The first kappa shape index (κ1) is 7.13. The lowest BCUT2D eigenvalue weighted by Gasteiger charge is -2.06. The third-order valence-electron chi connectivity index (χ3n) is 1.91. The number of nitrogens with zero attached hydrogens (tertiary/aromatic N) is 2. The Hall–Kier alpha value is -1.54. The second-order valence-corrected chi connectivity index (χ2v) is 2.79. The Morgan fingerprint density at radius 3 is 3.33 bits per heavy atom. The number of carbonyl (C=O) groups is 1. The average Bonchev–Trinajstić information content (AvgIpc) is 2.30. The van der Waals surface area contributed by atoms with E-state index in [-0.39, 0.29) is 5.91 Å². The molecule has 0 saturated carbocycles. The van der Waals surface area contributed by atoms with Gasteiger partial charge in [0.1, 0.15) is 0 Å². The van der Waals surface area contributed by atoms with E-state index < -0.39 is 0 Å². The molecule has 2 aliphatic rings. The SMILES string of the molecule is BN1CC2=C(C=CC=C=N2)C1=O. The van der Waals surface area contributed by atoms with Crippen molar-refractivity contribution in [2.45, 2.75) is 0 Å². The summed E-state index contributed by atoms with van der Waals surface area (Å²) < 4.78 is 0. The largest absolute Gasteiger partial charge is 0.384 e. The summed E-state index contributed by atoms with van der Waals surface area (Å²) in [7, 11) is 1.77. The van der Waals surface area contributed by atoms with E-state index in [1.807, 2.05) is 0 Å². The van der Waals surface area contributed by atoms with Crippen LogP contribution in [0.15, 0.2) is 34.5 Å². The van der Waals surface area contributed by atoms with E-state index in [1.54, 1.807) is 31.0 Å². The lowest BCUT2D eigenvalue weighted by molar-refractivity contribution is -0.121. The van der Waals surface area contributed by atoms with Gasteiger partial charge in [0.15, 0.2) is 0 Å². The Morgan fingerprint density at radius 2 is 2.50 bits per heavy atom. The standard InChI is InChI=1S/C8H7BN2O/c9-11-5-7-6(8(11)12)3-1-2-4-10-7/h1-3H,5,9H2. The van der Waals surface area contributed by atoms with Gasteiger partial charge in [-0.1, -0.05) is 6.08 Å². The van der Waals surface area contributed by atoms with Crippen LogP contribution >= 0.6 is 0 Å². The zero-order valence-electron chi connectivity index (χ0n) is 6.74. The van der Waals surface area contributed by atoms with Gasteiger partial charge in [-0.2, -0.15) is 0 Å². The fourth-order valence-electron chi connectivity index (χ4n) is 1.28. The maximum atomic E-state index is 11.4. The molecule has 2 aliphatic heterocycles. The molecule has 3 nitrogen and oxygen atoms in total. The predicted molar refractivity (Wildman–Crippen MR) is 48.4 cm³/mol. The van der Waals surface area contributed by atoms with E-state index in [2.05, 4.69) is 10.9 Å². The Balaban J connectivity index is 2.48. The van der Waals surface area contributed by atoms with Gasteiger partial charge in [0.2, 0.25) is 13.9 Å². The van der Waals surface area contributed by atoms with Gasteiger partial charge in [0.25, 0.3) is 0 Å². The summed E-state index contributed by atoms with van der Waals surface area (Å²) in [5.41, 5.74) is 1.51. The first-order valence-electron chi connectivity index (χ1n) is 3.74. The molecule has 2 heterocycles. The van der Waals surface area contributed by atoms with E-state index >= 15 is 0 Å². The second kappa shape index (κ2) is 2.50. The summed E-state index contributed by atoms with van der Waals surface area (Å²) in [6, 6.07) is 0. The van der Waals surface area contributed by atoms with Gasteiger partial charge in [-0.05, 0) is 18.0 Å². The molecule has 0 spiro atoms. The molecule has 0 aromatic rings. The van der Waals surface area contributed by atoms with Crippen molar-refractivity contribution in [1.29, 1.82) is 0 Å². The molecule has 0 atom stereocenters. The molecule has 2 rings (SSSR count). The Bertz CT molecular complexity index is 361. The van der Waals surface area contributed by atoms with Crippen LogP contribution in [-0.4, -0.2) is 31.1 Å². The Kier molecular flexibility index (Phi) is 1.49. The number of aliphatic imine (C=N–C) groups is 1. The fourth-order valence-corrected chi connectivity index (χ4v) is 1.28. The van der Waals surface area contributed by atoms with Crippen molar-refractivity contribution in [1.82, 2.24) is 4.81 Å². The summed E-state index contributed by atoms with van der Waals surface area (Å²) in [5, 5.41) is 0. The van der Waals surface area contributed by atoms with Crippen LogP contribution in [0.25, 0.3) is 0 Å². The first-order valence-corrected chi connectivity index (χ1v) is 3.74. The van der Waals surface area contributed by atoms with Gasteiger partial charge < -0.3 is 4.81 Å². The van der Waals surface area contributed by atoms with Crippen molar-refractivity contribution >= 4 is 19.8 Å². The highest BCUT2D eigenvalue weighted by Crippen LogP contribution is 2.19. The van der Waals surface area contributed by atoms with Crippen molar-refractivity contribution < 1.29 is 4.79 Å². The van der Waals surface area contributed by atoms with Crippen molar-refractivity contribution in [3.8, 4) is 0 Å². The molecule has 58 valence electrons. The van der Waals surface area contributed by atoms with Crippen molar-refractivity contribution in [3.63, 3.8) is 0 Å². The minimum absolute atomic E-state index is 0.0436. The van der Waals surface area contributed by atoms with Crippen LogP contribution in [-0.2, 0) is 4.79 Å². The summed E-state index contributed by atoms with van der Waals surface area (Å²) in [6.07, 6.45) is 5.26. The van der Waals surface area contributed by atoms with Gasteiger partial charge in [0, 0.05) is 0 Å².